The Morgan fingerprint density at radius 3 is 1.50 bits per heavy atom. The molecule has 0 unspecified atom stereocenters. The number of rotatable bonds is 0. The van der Waals surface area contributed by atoms with E-state index in [1.807, 2.05) is 12.1 Å². The summed E-state index contributed by atoms with van der Waals surface area (Å²) in [4.78, 5) is 0. The van der Waals surface area contributed by atoms with E-state index >= 15 is 0 Å². The van der Waals surface area contributed by atoms with Crippen molar-refractivity contribution in [1.82, 2.24) is 0 Å². The van der Waals surface area contributed by atoms with Gasteiger partial charge in [0, 0.05) is 20.9 Å². The Labute approximate surface area is 163 Å². The van der Waals surface area contributed by atoms with Gasteiger partial charge >= 0.3 is 0 Å². The minimum Gasteiger partial charge on any atom is -0.747 e. The van der Waals surface area contributed by atoms with E-state index < -0.39 is 7.59 Å². The third kappa shape index (κ3) is 7.01. The van der Waals surface area contributed by atoms with Crippen LogP contribution in [-0.4, -0.2) is 0 Å². The molecule has 0 aromatic heterocycles. The molecule has 0 aliphatic rings. The van der Waals surface area contributed by atoms with Gasteiger partial charge in [0.05, 0.1) is 0 Å². The first-order valence-corrected chi connectivity index (χ1v) is 7.54. The van der Waals surface area contributed by atoms with Crippen LogP contribution in [0.2, 0.25) is 5.02 Å². The van der Waals surface area contributed by atoms with Gasteiger partial charge in [0.1, 0.15) is 0 Å². The van der Waals surface area contributed by atoms with E-state index in [2.05, 4.69) is 0 Å². The van der Waals surface area contributed by atoms with Gasteiger partial charge in [-0.25, -0.2) is 12.1 Å². The zero-order valence-electron chi connectivity index (χ0n) is 9.54. The van der Waals surface area contributed by atoms with Gasteiger partial charge in [0.15, 0.2) is 3.79 Å². The molecular weight excluding hydrogens is 448 g/mol. The van der Waals surface area contributed by atoms with Crippen molar-refractivity contribution in [2.75, 3.05) is 0 Å². The minimum absolute atomic E-state index is 0. The van der Waals surface area contributed by atoms with Crippen LogP contribution in [0.3, 0.4) is 0 Å². The summed E-state index contributed by atoms with van der Waals surface area (Å²) in [7, 11) is 0. The van der Waals surface area contributed by atoms with Crippen molar-refractivity contribution in [3.63, 3.8) is 0 Å². The fraction of sp³-hybridized carbons (Fsp3) is 0.167. The maximum absolute atomic E-state index is 5.67. The van der Waals surface area contributed by atoms with E-state index in [0.717, 1.165) is 0 Å². The summed E-state index contributed by atoms with van der Waals surface area (Å²) >= 11 is 38.9. The average molecular weight is 455 g/mol. The smallest absolute Gasteiger partial charge is 0.173 e. The van der Waals surface area contributed by atoms with E-state index in [-0.39, 0.29) is 17.1 Å². The summed E-state index contributed by atoms with van der Waals surface area (Å²) in [6, 6.07) is 12.3. The normalized spacial score (nSPS) is 11.3. The van der Waals surface area contributed by atoms with E-state index in [9.17, 15) is 0 Å². The van der Waals surface area contributed by atoms with E-state index in [4.69, 9.17) is 81.2 Å². The van der Waals surface area contributed by atoms with Crippen LogP contribution in [0, 0.1) is 0 Å². The third-order valence-electron chi connectivity index (χ3n) is 2.06. The van der Waals surface area contributed by atoms with Gasteiger partial charge in [0.25, 0.3) is 0 Å². The van der Waals surface area contributed by atoms with Crippen molar-refractivity contribution in [2.24, 2.45) is 0 Å². The molecule has 0 radical (unpaired) electrons. The van der Waals surface area contributed by atoms with Crippen LogP contribution >= 0.6 is 81.2 Å². The van der Waals surface area contributed by atoms with Crippen LogP contribution in [0.15, 0.2) is 42.5 Å². The molecule has 2 aromatic carbocycles. The SMILES string of the molecule is ClC(Cl)(Cl)[c-]1cccc1.Cl[c-]1[cH-][cH-][cH-][c-]1C(Cl)(Cl)Cl.[Fe]. The number of halogens is 7. The van der Waals surface area contributed by atoms with Gasteiger partial charge in [-0.3, -0.25) is 0 Å². The molecule has 8 heteroatoms. The van der Waals surface area contributed by atoms with Crippen LogP contribution in [-0.2, 0) is 24.7 Å². The number of hydrogen-bond acceptors (Lipinski definition) is 0. The molecule has 2 aromatic rings. The van der Waals surface area contributed by atoms with Crippen molar-refractivity contribution < 1.29 is 17.1 Å². The molecule has 0 saturated heterocycles. The first kappa shape index (κ1) is 21.2. The van der Waals surface area contributed by atoms with Crippen LogP contribution in [0.5, 0.6) is 0 Å². The topological polar surface area (TPSA) is 0 Å². The number of hydrogen-bond donors (Lipinski definition) is 0. The van der Waals surface area contributed by atoms with Crippen LogP contribution in [0.25, 0.3) is 0 Å². The maximum atomic E-state index is 5.67. The van der Waals surface area contributed by atoms with E-state index in [1.54, 1.807) is 30.3 Å². The van der Waals surface area contributed by atoms with Gasteiger partial charge in [-0.05, 0) is 0 Å². The number of alkyl halides is 6. The fourth-order valence-electron chi connectivity index (χ4n) is 1.19. The average Bonchev–Trinajstić information content (AvgIpc) is 2.84. The van der Waals surface area contributed by atoms with Crippen LogP contribution in [0.4, 0.5) is 0 Å². The molecule has 20 heavy (non-hydrogen) atoms. The molecule has 0 atom stereocenters. The molecule has 0 bridgehead atoms. The predicted octanol–water partition coefficient (Wildman–Crippen LogP) is 7.12. The molecule has 2 rings (SSSR count). The second-order valence-electron chi connectivity index (χ2n) is 3.46. The zero-order valence-corrected chi connectivity index (χ0v) is 15.9. The van der Waals surface area contributed by atoms with Gasteiger partial charge < -0.3 is 40.4 Å². The molecule has 0 saturated carbocycles. The summed E-state index contributed by atoms with van der Waals surface area (Å²) in [5.41, 5.74) is 1.24. The summed E-state index contributed by atoms with van der Waals surface area (Å²) in [5, 5.41) is 0.486. The summed E-state index contributed by atoms with van der Waals surface area (Å²) in [6.45, 7) is 0. The monoisotopic (exact) mass is 452 g/mol. The summed E-state index contributed by atoms with van der Waals surface area (Å²) < 4.78 is -2.66. The predicted molar refractivity (Wildman–Crippen MR) is 87.6 cm³/mol. The second-order valence-corrected chi connectivity index (χ2v) is 8.43. The Balaban J connectivity index is 0.000000345. The third-order valence-corrected chi connectivity index (χ3v) is 3.65. The van der Waals surface area contributed by atoms with E-state index in [1.165, 1.54) is 0 Å². The fourth-order valence-corrected chi connectivity index (χ4v) is 2.49. The Bertz CT molecular complexity index is 491. The van der Waals surface area contributed by atoms with Crippen molar-refractivity contribution >= 4 is 81.2 Å². The van der Waals surface area contributed by atoms with Crippen LogP contribution in [0.1, 0.15) is 11.1 Å². The molecule has 0 aliphatic heterocycles. The quantitative estimate of drug-likeness (QED) is 0.226. The zero-order chi connectivity index (χ0) is 14.7. The van der Waals surface area contributed by atoms with Gasteiger partial charge in [-0.1, -0.05) is 34.8 Å². The second kappa shape index (κ2) is 8.77. The molecule has 0 fully saturated rings. The Morgan fingerprint density at radius 1 is 0.800 bits per heavy atom. The van der Waals surface area contributed by atoms with Crippen molar-refractivity contribution in [1.29, 1.82) is 0 Å². The van der Waals surface area contributed by atoms with Crippen molar-refractivity contribution in [3.8, 4) is 0 Å². The molecule has 0 N–H and O–H groups in total. The maximum Gasteiger partial charge on any atom is 0.173 e. The summed E-state index contributed by atoms with van der Waals surface area (Å²) in [6.07, 6.45) is 0. The van der Waals surface area contributed by atoms with Gasteiger partial charge in [-0.2, -0.15) is 12.1 Å². The molecule has 0 spiro atoms. The summed E-state index contributed by atoms with van der Waals surface area (Å²) in [5.74, 6) is 0. The van der Waals surface area contributed by atoms with Crippen molar-refractivity contribution in [3.05, 3.63) is 58.6 Å². The largest absolute Gasteiger partial charge is 0.747 e. The first-order chi connectivity index (χ1) is 8.62. The Kier molecular flexibility index (Phi) is 9.32. The molecular formula is C12H7Cl7Fe-6. The Morgan fingerprint density at radius 2 is 1.30 bits per heavy atom. The van der Waals surface area contributed by atoms with Crippen molar-refractivity contribution in [2.45, 2.75) is 7.59 Å². The first-order valence-electron chi connectivity index (χ1n) is 4.89. The minimum atomic E-state index is -1.40. The molecule has 0 aliphatic carbocycles. The Hall–Kier alpha value is 1.25. The standard InChI is InChI=1S/C6H3Cl4.C6H4Cl3.Fe/c7-5-3-1-2-4(5)6(8,9)10;7-6(8,9)5-3-1-2-4-5;/h1-3H;1-4H;/q-5;-1;. The van der Waals surface area contributed by atoms with E-state index in [0.29, 0.717) is 16.1 Å². The van der Waals surface area contributed by atoms with Gasteiger partial charge in [0.2, 0.25) is 0 Å². The molecule has 0 heterocycles. The molecule has 0 nitrogen and oxygen atoms in total. The molecule has 0 amide bonds. The van der Waals surface area contributed by atoms with Gasteiger partial charge in [-0.15, -0.1) is 40.4 Å². The molecule has 118 valence electrons. The van der Waals surface area contributed by atoms with Crippen LogP contribution < -0.4 is 0 Å².